The third kappa shape index (κ3) is 3.51. The molecule has 17 heavy (non-hydrogen) atoms. The van der Waals surface area contributed by atoms with E-state index in [-0.39, 0.29) is 5.91 Å². The molecule has 1 N–H and O–H groups in total. The Kier molecular flexibility index (Phi) is 4.06. The van der Waals surface area contributed by atoms with Gasteiger partial charge in [-0.05, 0) is 29.8 Å². The number of hydrogen-bond donors (Lipinski definition) is 1. The zero-order valence-electron chi connectivity index (χ0n) is 9.34. The van der Waals surface area contributed by atoms with E-state index in [1.165, 1.54) is 0 Å². The van der Waals surface area contributed by atoms with Crippen LogP contribution in [0.2, 0.25) is 0 Å². The lowest BCUT2D eigenvalue weighted by molar-refractivity contribution is -0.120. The lowest BCUT2D eigenvalue weighted by Crippen LogP contribution is -2.20. The molecule has 0 unspecified atom stereocenters. The zero-order valence-corrected chi connectivity index (χ0v) is 11.0. The van der Waals surface area contributed by atoms with Crippen LogP contribution < -0.4 is 5.43 Å². The Morgan fingerprint density at radius 1 is 1.29 bits per heavy atom. The standard InChI is InChI=1S/C12H12N2OS2/c1-9(11-5-3-7-17-11)13-14-12(15)8-10-4-2-6-16-10/h2-7H,8H2,1H3,(H,14,15). The summed E-state index contributed by atoms with van der Waals surface area (Å²) in [6.07, 6.45) is 0.388. The fraction of sp³-hybridized carbons (Fsp3) is 0.167. The van der Waals surface area contributed by atoms with Crippen LogP contribution in [-0.4, -0.2) is 11.6 Å². The molecule has 0 aromatic carbocycles. The second-order valence-electron chi connectivity index (χ2n) is 3.47. The van der Waals surface area contributed by atoms with Crippen molar-refractivity contribution in [1.82, 2.24) is 5.43 Å². The maximum Gasteiger partial charge on any atom is 0.245 e. The Hall–Kier alpha value is -1.46. The van der Waals surface area contributed by atoms with E-state index < -0.39 is 0 Å². The second-order valence-corrected chi connectivity index (χ2v) is 5.45. The van der Waals surface area contributed by atoms with E-state index in [1.807, 2.05) is 41.9 Å². The number of nitrogens with one attached hydrogen (secondary N) is 1. The molecule has 0 fully saturated rings. The molecule has 0 spiro atoms. The van der Waals surface area contributed by atoms with E-state index in [0.717, 1.165) is 15.5 Å². The van der Waals surface area contributed by atoms with Gasteiger partial charge in [0.25, 0.3) is 0 Å². The number of carbonyl (C=O) groups excluding carboxylic acids is 1. The highest BCUT2D eigenvalue weighted by molar-refractivity contribution is 7.12. The van der Waals surface area contributed by atoms with Gasteiger partial charge in [-0.2, -0.15) is 5.10 Å². The maximum atomic E-state index is 11.6. The number of carbonyl (C=O) groups is 1. The van der Waals surface area contributed by atoms with Crippen LogP contribution in [-0.2, 0) is 11.2 Å². The van der Waals surface area contributed by atoms with Crippen LogP contribution in [0.1, 0.15) is 16.7 Å². The minimum Gasteiger partial charge on any atom is -0.273 e. The minimum absolute atomic E-state index is 0.0802. The average Bonchev–Trinajstić information content (AvgIpc) is 2.97. The van der Waals surface area contributed by atoms with Crippen molar-refractivity contribution in [2.24, 2.45) is 5.10 Å². The molecule has 5 heteroatoms. The molecule has 0 saturated carbocycles. The van der Waals surface area contributed by atoms with E-state index in [9.17, 15) is 4.79 Å². The molecule has 0 radical (unpaired) electrons. The van der Waals surface area contributed by atoms with Crippen LogP contribution >= 0.6 is 22.7 Å². The van der Waals surface area contributed by atoms with Gasteiger partial charge in [-0.1, -0.05) is 12.1 Å². The first-order valence-electron chi connectivity index (χ1n) is 5.15. The van der Waals surface area contributed by atoms with Crippen molar-refractivity contribution in [2.45, 2.75) is 13.3 Å². The molecular formula is C12H12N2OS2. The van der Waals surface area contributed by atoms with Crippen LogP contribution in [0.4, 0.5) is 0 Å². The molecule has 2 heterocycles. The van der Waals surface area contributed by atoms with Crippen molar-refractivity contribution in [3.8, 4) is 0 Å². The van der Waals surface area contributed by atoms with Crippen molar-refractivity contribution in [3.63, 3.8) is 0 Å². The minimum atomic E-state index is -0.0802. The molecule has 0 saturated heterocycles. The van der Waals surface area contributed by atoms with Crippen LogP contribution in [0.15, 0.2) is 40.1 Å². The lowest BCUT2D eigenvalue weighted by Gasteiger charge is -1.99. The summed E-state index contributed by atoms with van der Waals surface area (Å²) in [7, 11) is 0. The predicted molar refractivity (Wildman–Crippen MR) is 72.7 cm³/mol. The van der Waals surface area contributed by atoms with Crippen LogP contribution in [0, 0.1) is 0 Å². The molecule has 2 aromatic rings. The highest BCUT2D eigenvalue weighted by atomic mass is 32.1. The van der Waals surface area contributed by atoms with Crippen molar-refractivity contribution in [3.05, 3.63) is 44.8 Å². The topological polar surface area (TPSA) is 41.5 Å². The summed E-state index contributed by atoms with van der Waals surface area (Å²) in [5.74, 6) is -0.0802. The van der Waals surface area contributed by atoms with E-state index in [4.69, 9.17) is 0 Å². The van der Waals surface area contributed by atoms with Gasteiger partial charge in [-0.25, -0.2) is 5.43 Å². The average molecular weight is 264 g/mol. The number of rotatable bonds is 4. The summed E-state index contributed by atoms with van der Waals surface area (Å²) in [5, 5.41) is 8.03. The summed E-state index contributed by atoms with van der Waals surface area (Å²) >= 11 is 3.18. The molecule has 88 valence electrons. The molecular weight excluding hydrogens is 252 g/mol. The third-order valence-corrected chi connectivity index (χ3v) is 4.00. The first kappa shape index (κ1) is 12.0. The normalized spacial score (nSPS) is 11.5. The van der Waals surface area contributed by atoms with Gasteiger partial charge in [0.05, 0.1) is 12.1 Å². The molecule has 0 aliphatic rings. The fourth-order valence-electron chi connectivity index (χ4n) is 1.30. The molecule has 0 atom stereocenters. The molecule has 0 bridgehead atoms. The maximum absolute atomic E-state index is 11.6. The van der Waals surface area contributed by atoms with Crippen LogP contribution in [0.3, 0.4) is 0 Å². The highest BCUT2D eigenvalue weighted by Gasteiger charge is 2.03. The molecule has 2 aromatic heterocycles. The van der Waals surface area contributed by atoms with Crippen molar-refractivity contribution in [2.75, 3.05) is 0 Å². The van der Waals surface area contributed by atoms with Gasteiger partial charge in [0, 0.05) is 9.75 Å². The first-order chi connectivity index (χ1) is 8.25. The summed E-state index contributed by atoms with van der Waals surface area (Å²) in [6, 6.07) is 7.83. The Balaban J connectivity index is 1.89. The Bertz CT molecular complexity index is 501. The van der Waals surface area contributed by atoms with Crippen molar-refractivity contribution < 1.29 is 4.79 Å². The van der Waals surface area contributed by atoms with Crippen molar-refractivity contribution in [1.29, 1.82) is 0 Å². The third-order valence-electron chi connectivity index (χ3n) is 2.14. The van der Waals surface area contributed by atoms with Crippen molar-refractivity contribution >= 4 is 34.3 Å². The van der Waals surface area contributed by atoms with Gasteiger partial charge < -0.3 is 0 Å². The summed E-state index contributed by atoms with van der Waals surface area (Å²) in [6.45, 7) is 1.89. The molecule has 0 aliphatic carbocycles. The SMILES string of the molecule is CC(=NNC(=O)Cc1cccs1)c1cccs1. The molecule has 1 amide bonds. The first-order valence-corrected chi connectivity index (χ1v) is 6.91. The fourth-order valence-corrected chi connectivity index (χ4v) is 2.68. The zero-order chi connectivity index (χ0) is 12.1. The monoisotopic (exact) mass is 264 g/mol. The highest BCUT2D eigenvalue weighted by Crippen LogP contribution is 2.10. The summed E-state index contributed by atoms with van der Waals surface area (Å²) < 4.78 is 0. The smallest absolute Gasteiger partial charge is 0.245 e. The van der Waals surface area contributed by atoms with Gasteiger partial charge in [0.2, 0.25) is 5.91 Å². The molecule has 2 rings (SSSR count). The van der Waals surface area contributed by atoms with E-state index >= 15 is 0 Å². The summed E-state index contributed by atoms with van der Waals surface area (Å²) in [5.41, 5.74) is 3.40. The van der Waals surface area contributed by atoms with Gasteiger partial charge in [0.1, 0.15) is 0 Å². The Morgan fingerprint density at radius 3 is 2.71 bits per heavy atom. The van der Waals surface area contributed by atoms with Gasteiger partial charge in [-0.3, -0.25) is 4.79 Å². The quantitative estimate of drug-likeness (QED) is 0.669. The van der Waals surface area contributed by atoms with Crippen LogP contribution in [0.25, 0.3) is 0 Å². The van der Waals surface area contributed by atoms with Gasteiger partial charge >= 0.3 is 0 Å². The second kappa shape index (κ2) is 5.75. The molecule has 0 aliphatic heterocycles. The lowest BCUT2D eigenvalue weighted by atomic mass is 10.3. The van der Waals surface area contributed by atoms with E-state index in [1.54, 1.807) is 22.7 Å². The number of hydrazone groups is 1. The largest absolute Gasteiger partial charge is 0.273 e. The van der Waals surface area contributed by atoms with Crippen LogP contribution in [0.5, 0.6) is 0 Å². The Morgan fingerprint density at radius 2 is 2.06 bits per heavy atom. The Labute approximate surface area is 108 Å². The van der Waals surface area contributed by atoms with E-state index in [0.29, 0.717) is 6.42 Å². The van der Waals surface area contributed by atoms with Gasteiger partial charge in [-0.15, -0.1) is 22.7 Å². The predicted octanol–water partition coefficient (Wildman–Crippen LogP) is 2.89. The summed E-state index contributed by atoms with van der Waals surface area (Å²) in [4.78, 5) is 13.7. The molecule has 3 nitrogen and oxygen atoms in total. The number of hydrogen-bond acceptors (Lipinski definition) is 4. The number of amides is 1. The number of thiophene rings is 2. The van der Waals surface area contributed by atoms with E-state index in [2.05, 4.69) is 10.5 Å². The number of nitrogens with zero attached hydrogens (tertiary/aromatic N) is 1. The van der Waals surface area contributed by atoms with Gasteiger partial charge in [0.15, 0.2) is 0 Å².